The van der Waals surface area contributed by atoms with Crippen LogP contribution in [0.15, 0.2) is 11.4 Å². The summed E-state index contributed by atoms with van der Waals surface area (Å²) in [5, 5.41) is 1.91. The van der Waals surface area contributed by atoms with Crippen LogP contribution >= 0.6 is 23.1 Å². The fourth-order valence-corrected chi connectivity index (χ4v) is 3.65. The van der Waals surface area contributed by atoms with Gasteiger partial charge in [-0.25, -0.2) is 9.97 Å². The molecule has 4 nitrogen and oxygen atoms in total. The number of ether oxygens (including phenoxy) is 1. The van der Waals surface area contributed by atoms with Gasteiger partial charge in [0.15, 0.2) is 0 Å². The number of esters is 1. The molecule has 0 bridgehead atoms. The van der Waals surface area contributed by atoms with Crippen LogP contribution in [0.4, 0.5) is 0 Å². The molecule has 0 aliphatic heterocycles. The Morgan fingerprint density at radius 3 is 2.70 bits per heavy atom. The van der Waals surface area contributed by atoms with E-state index in [0.717, 1.165) is 15.2 Å². The van der Waals surface area contributed by atoms with Gasteiger partial charge in [-0.1, -0.05) is 11.8 Å². The summed E-state index contributed by atoms with van der Waals surface area (Å²) in [5.74, 6) is 0.0384. The number of aryl methyl sites for hydroxylation is 2. The maximum absolute atomic E-state index is 11.8. The van der Waals surface area contributed by atoms with Crippen molar-refractivity contribution in [1.29, 1.82) is 0 Å². The SMILES string of the molecule is Cc1sc2ncnc(SCC(=O)OC(C)(C)C)c2c1C. The fraction of sp³-hybridized carbons (Fsp3) is 0.500. The van der Waals surface area contributed by atoms with Crippen molar-refractivity contribution >= 4 is 39.3 Å². The lowest BCUT2D eigenvalue weighted by Crippen LogP contribution is -2.24. The van der Waals surface area contributed by atoms with Crippen LogP contribution in [-0.2, 0) is 9.53 Å². The average molecular weight is 310 g/mol. The molecular formula is C14H18N2O2S2. The van der Waals surface area contributed by atoms with Gasteiger partial charge in [0, 0.05) is 10.3 Å². The molecule has 2 aromatic rings. The number of thiophene rings is 1. The Bertz CT molecular complexity index is 644. The van der Waals surface area contributed by atoms with Crippen LogP contribution in [-0.4, -0.2) is 27.3 Å². The van der Waals surface area contributed by atoms with Crippen molar-refractivity contribution in [2.45, 2.75) is 45.2 Å². The summed E-state index contributed by atoms with van der Waals surface area (Å²) in [4.78, 5) is 22.6. The first-order chi connectivity index (χ1) is 9.28. The minimum atomic E-state index is -0.451. The minimum absolute atomic E-state index is 0.223. The summed E-state index contributed by atoms with van der Waals surface area (Å²) in [7, 11) is 0. The summed E-state index contributed by atoms with van der Waals surface area (Å²) >= 11 is 3.06. The van der Waals surface area contributed by atoms with Crippen LogP contribution in [0.25, 0.3) is 10.2 Å². The lowest BCUT2D eigenvalue weighted by atomic mass is 10.2. The lowest BCUT2D eigenvalue weighted by molar-refractivity contribution is -0.151. The zero-order valence-electron chi connectivity index (χ0n) is 12.3. The van der Waals surface area contributed by atoms with E-state index < -0.39 is 5.60 Å². The van der Waals surface area contributed by atoms with Gasteiger partial charge >= 0.3 is 5.97 Å². The van der Waals surface area contributed by atoms with E-state index in [1.165, 1.54) is 22.2 Å². The normalized spacial score (nSPS) is 11.8. The van der Waals surface area contributed by atoms with E-state index in [2.05, 4.69) is 23.8 Å². The second kappa shape index (κ2) is 5.69. The van der Waals surface area contributed by atoms with Crippen LogP contribution in [0, 0.1) is 13.8 Å². The standard InChI is InChI=1S/C14H18N2O2S2/c1-8-9(2)20-13-11(8)12(15-7-16-13)19-6-10(17)18-14(3,4)5/h7H,6H2,1-5H3. The maximum atomic E-state index is 11.8. The predicted molar refractivity (Wildman–Crippen MR) is 83.5 cm³/mol. The van der Waals surface area contributed by atoms with Crippen LogP contribution in [0.1, 0.15) is 31.2 Å². The zero-order valence-corrected chi connectivity index (χ0v) is 13.9. The largest absolute Gasteiger partial charge is 0.459 e. The smallest absolute Gasteiger partial charge is 0.316 e. The third kappa shape index (κ3) is 3.49. The van der Waals surface area contributed by atoms with Gasteiger partial charge in [-0.05, 0) is 40.2 Å². The number of thioether (sulfide) groups is 1. The van der Waals surface area contributed by atoms with E-state index in [4.69, 9.17) is 4.74 Å². The van der Waals surface area contributed by atoms with Gasteiger partial charge in [0.05, 0.1) is 5.75 Å². The highest BCUT2D eigenvalue weighted by atomic mass is 32.2. The number of aromatic nitrogens is 2. The average Bonchev–Trinajstić information content (AvgIpc) is 2.61. The highest BCUT2D eigenvalue weighted by Crippen LogP contribution is 2.34. The van der Waals surface area contributed by atoms with Crippen molar-refractivity contribution in [3.8, 4) is 0 Å². The fourth-order valence-electron chi connectivity index (χ4n) is 1.76. The third-order valence-electron chi connectivity index (χ3n) is 2.68. The van der Waals surface area contributed by atoms with Crippen molar-refractivity contribution in [3.63, 3.8) is 0 Å². The number of carbonyl (C=O) groups is 1. The van der Waals surface area contributed by atoms with Crippen LogP contribution in [0.5, 0.6) is 0 Å². The number of hydrogen-bond donors (Lipinski definition) is 0. The topological polar surface area (TPSA) is 52.1 Å². The summed E-state index contributed by atoms with van der Waals surface area (Å²) in [6.45, 7) is 9.74. The van der Waals surface area contributed by atoms with Crippen LogP contribution < -0.4 is 0 Å². The van der Waals surface area contributed by atoms with Crippen molar-refractivity contribution < 1.29 is 9.53 Å². The third-order valence-corrected chi connectivity index (χ3v) is 4.76. The molecule has 2 rings (SSSR count). The number of nitrogens with zero attached hydrogens (tertiary/aromatic N) is 2. The Hall–Kier alpha value is -1.14. The Morgan fingerprint density at radius 1 is 1.35 bits per heavy atom. The molecule has 0 spiro atoms. The minimum Gasteiger partial charge on any atom is -0.459 e. The summed E-state index contributed by atoms with van der Waals surface area (Å²) in [6, 6.07) is 0. The number of carbonyl (C=O) groups excluding carboxylic acids is 1. The molecule has 20 heavy (non-hydrogen) atoms. The number of fused-ring (bicyclic) bond motifs is 1. The Morgan fingerprint density at radius 2 is 2.05 bits per heavy atom. The monoisotopic (exact) mass is 310 g/mol. The van der Waals surface area contributed by atoms with Crippen LogP contribution in [0.2, 0.25) is 0 Å². The predicted octanol–water partition coefficient (Wildman–Crippen LogP) is 3.74. The molecule has 0 unspecified atom stereocenters. The molecule has 0 amide bonds. The van der Waals surface area contributed by atoms with E-state index in [1.54, 1.807) is 17.7 Å². The first-order valence-electron chi connectivity index (χ1n) is 6.33. The van der Waals surface area contributed by atoms with Gasteiger partial charge in [-0.2, -0.15) is 0 Å². The second-order valence-corrected chi connectivity index (χ2v) is 7.68. The summed E-state index contributed by atoms with van der Waals surface area (Å²) in [6.07, 6.45) is 1.55. The second-order valence-electron chi connectivity index (χ2n) is 5.52. The Labute approximate surface area is 127 Å². The highest BCUT2D eigenvalue weighted by Gasteiger charge is 2.18. The lowest BCUT2D eigenvalue weighted by Gasteiger charge is -2.19. The van der Waals surface area contributed by atoms with Crippen molar-refractivity contribution in [3.05, 3.63) is 16.8 Å². The van der Waals surface area contributed by atoms with Gasteiger partial charge in [0.25, 0.3) is 0 Å². The molecule has 0 atom stereocenters. The van der Waals surface area contributed by atoms with Gasteiger partial charge in [-0.15, -0.1) is 11.3 Å². The Balaban J connectivity index is 2.16. The van der Waals surface area contributed by atoms with Crippen LogP contribution in [0.3, 0.4) is 0 Å². The maximum Gasteiger partial charge on any atom is 0.316 e. The molecule has 0 radical (unpaired) electrons. The highest BCUT2D eigenvalue weighted by molar-refractivity contribution is 8.00. The van der Waals surface area contributed by atoms with E-state index >= 15 is 0 Å². The zero-order chi connectivity index (χ0) is 14.9. The molecule has 0 fully saturated rings. The quantitative estimate of drug-likeness (QED) is 0.491. The molecule has 0 aliphatic rings. The van der Waals surface area contributed by atoms with Gasteiger partial charge < -0.3 is 4.74 Å². The van der Waals surface area contributed by atoms with Gasteiger partial charge in [-0.3, -0.25) is 4.79 Å². The molecule has 0 saturated carbocycles. The van der Waals surface area contributed by atoms with E-state index in [1.807, 2.05) is 20.8 Å². The molecule has 6 heteroatoms. The molecule has 108 valence electrons. The first kappa shape index (κ1) is 15.3. The Kier molecular flexibility index (Phi) is 4.34. The van der Waals surface area contributed by atoms with Crippen molar-refractivity contribution in [2.24, 2.45) is 0 Å². The molecule has 0 N–H and O–H groups in total. The number of rotatable bonds is 3. The molecular weight excluding hydrogens is 292 g/mol. The van der Waals surface area contributed by atoms with Gasteiger partial charge in [0.1, 0.15) is 21.8 Å². The van der Waals surface area contributed by atoms with E-state index in [-0.39, 0.29) is 11.7 Å². The van der Waals surface area contributed by atoms with Crippen molar-refractivity contribution in [2.75, 3.05) is 5.75 Å². The summed E-state index contributed by atoms with van der Waals surface area (Å²) < 4.78 is 5.31. The summed E-state index contributed by atoms with van der Waals surface area (Å²) in [5.41, 5.74) is 0.741. The molecule has 0 aliphatic carbocycles. The molecule has 2 aromatic heterocycles. The first-order valence-corrected chi connectivity index (χ1v) is 8.13. The molecule has 0 aromatic carbocycles. The van der Waals surface area contributed by atoms with Gasteiger partial charge in [0.2, 0.25) is 0 Å². The van der Waals surface area contributed by atoms with E-state index in [9.17, 15) is 4.79 Å². The van der Waals surface area contributed by atoms with E-state index in [0.29, 0.717) is 0 Å². The molecule has 2 heterocycles. The molecule has 0 saturated heterocycles. The van der Waals surface area contributed by atoms with Crippen molar-refractivity contribution in [1.82, 2.24) is 9.97 Å². The number of hydrogen-bond acceptors (Lipinski definition) is 6.